The molecular formula is C20H15FO3. The van der Waals surface area contributed by atoms with Gasteiger partial charge in [-0.3, -0.25) is 0 Å². The van der Waals surface area contributed by atoms with Gasteiger partial charge in [-0.2, -0.15) is 0 Å². The first kappa shape index (κ1) is 15.7. The quantitative estimate of drug-likeness (QED) is 0.736. The van der Waals surface area contributed by atoms with Gasteiger partial charge in [0.2, 0.25) is 0 Å². The fourth-order valence-electron chi connectivity index (χ4n) is 2.45. The van der Waals surface area contributed by atoms with Gasteiger partial charge >= 0.3 is 5.97 Å². The summed E-state index contributed by atoms with van der Waals surface area (Å²) in [5.41, 5.74) is 1.63. The van der Waals surface area contributed by atoms with Crippen LogP contribution >= 0.6 is 0 Å². The fourth-order valence-corrected chi connectivity index (χ4v) is 2.45. The minimum atomic E-state index is -1.09. The maximum Gasteiger partial charge on any atom is 0.336 e. The lowest BCUT2D eigenvalue weighted by molar-refractivity contribution is 0.0697. The van der Waals surface area contributed by atoms with Gasteiger partial charge in [0.05, 0.1) is 5.56 Å². The predicted octanol–water partition coefficient (Wildman–Crippen LogP) is 4.77. The van der Waals surface area contributed by atoms with Gasteiger partial charge in [0.25, 0.3) is 0 Å². The van der Waals surface area contributed by atoms with Crippen LogP contribution in [0.2, 0.25) is 0 Å². The van der Waals surface area contributed by atoms with E-state index in [4.69, 9.17) is 4.74 Å². The Labute approximate surface area is 139 Å². The number of aromatic carboxylic acids is 1. The van der Waals surface area contributed by atoms with Crippen molar-refractivity contribution in [1.82, 2.24) is 0 Å². The van der Waals surface area contributed by atoms with E-state index in [0.29, 0.717) is 17.9 Å². The average Bonchev–Trinajstić information content (AvgIpc) is 2.61. The van der Waals surface area contributed by atoms with Crippen LogP contribution in [0, 0.1) is 5.82 Å². The van der Waals surface area contributed by atoms with Gasteiger partial charge < -0.3 is 9.84 Å². The first-order valence-electron chi connectivity index (χ1n) is 7.44. The second kappa shape index (κ2) is 6.96. The van der Waals surface area contributed by atoms with E-state index in [2.05, 4.69) is 0 Å². The lowest BCUT2D eigenvalue weighted by Crippen LogP contribution is -2.00. The number of halogens is 1. The van der Waals surface area contributed by atoms with Gasteiger partial charge in [-0.15, -0.1) is 0 Å². The van der Waals surface area contributed by atoms with E-state index in [1.807, 2.05) is 30.3 Å². The number of carboxylic acid groups (broad SMARTS) is 1. The minimum absolute atomic E-state index is 0.0642. The topological polar surface area (TPSA) is 46.5 Å². The largest absolute Gasteiger partial charge is 0.489 e. The second-order valence-corrected chi connectivity index (χ2v) is 5.27. The van der Waals surface area contributed by atoms with Crippen molar-refractivity contribution >= 4 is 5.97 Å². The number of hydrogen-bond donors (Lipinski definition) is 1. The zero-order valence-electron chi connectivity index (χ0n) is 12.8. The SMILES string of the molecule is O=C(O)c1ccccc1-c1ccc(OCc2ccccc2)cc1F. The molecule has 0 unspecified atom stereocenters. The molecule has 0 radical (unpaired) electrons. The molecule has 3 nitrogen and oxygen atoms in total. The van der Waals surface area contributed by atoms with E-state index in [9.17, 15) is 14.3 Å². The molecule has 0 aliphatic rings. The highest BCUT2D eigenvalue weighted by atomic mass is 19.1. The molecule has 24 heavy (non-hydrogen) atoms. The summed E-state index contributed by atoms with van der Waals surface area (Å²) >= 11 is 0. The van der Waals surface area contributed by atoms with Crippen molar-refractivity contribution in [3.63, 3.8) is 0 Å². The van der Waals surface area contributed by atoms with Crippen LogP contribution in [0.5, 0.6) is 5.75 Å². The van der Waals surface area contributed by atoms with Gasteiger partial charge in [0.15, 0.2) is 0 Å². The third kappa shape index (κ3) is 3.43. The fraction of sp³-hybridized carbons (Fsp3) is 0.0500. The smallest absolute Gasteiger partial charge is 0.336 e. The highest BCUT2D eigenvalue weighted by molar-refractivity contribution is 5.96. The van der Waals surface area contributed by atoms with Gasteiger partial charge in [-0.05, 0) is 29.3 Å². The summed E-state index contributed by atoms with van der Waals surface area (Å²) in [4.78, 5) is 11.3. The van der Waals surface area contributed by atoms with E-state index in [1.165, 1.54) is 18.2 Å². The number of carboxylic acids is 1. The van der Waals surface area contributed by atoms with Crippen LogP contribution in [0.15, 0.2) is 72.8 Å². The second-order valence-electron chi connectivity index (χ2n) is 5.27. The van der Waals surface area contributed by atoms with Crippen LogP contribution in [0.3, 0.4) is 0 Å². The summed E-state index contributed by atoms with van der Waals surface area (Å²) < 4.78 is 20.0. The number of hydrogen-bond acceptors (Lipinski definition) is 2. The molecule has 3 rings (SSSR count). The molecule has 0 bridgehead atoms. The molecule has 0 fully saturated rings. The van der Waals surface area contributed by atoms with Crippen molar-refractivity contribution < 1.29 is 19.0 Å². The average molecular weight is 322 g/mol. The van der Waals surface area contributed by atoms with Crippen molar-refractivity contribution in [1.29, 1.82) is 0 Å². The molecule has 3 aromatic carbocycles. The molecule has 4 heteroatoms. The maximum absolute atomic E-state index is 14.4. The summed E-state index contributed by atoms with van der Waals surface area (Å²) in [5.74, 6) is -1.21. The van der Waals surface area contributed by atoms with Crippen LogP contribution in [0.1, 0.15) is 15.9 Å². The van der Waals surface area contributed by atoms with E-state index in [-0.39, 0.29) is 11.1 Å². The number of ether oxygens (including phenoxy) is 1. The highest BCUT2D eigenvalue weighted by Gasteiger charge is 2.14. The van der Waals surface area contributed by atoms with Gasteiger partial charge in [0.1, 0.15) is 18.2 Å². The van der Waals surface area contributed by atoms with Crippen molar-refractivity contribution in [2.75, 3.05) is 0 Å². The molecule has 0 amide bonds. The standard InChI is InChI=1S/C20H15FO3/c21-19-12-15(24-13-14-6-2-1-3-7-14)10-11-17(19)16-8-4-5-9-18(16)20(22)23/h1-12H,13H2,(H,22,23). The molecular weight excluding hydrogens is 307 g/mol. The van der Waals surface area contributed by atoms with E-state index < -0.39 is 11.8 Å². The Morgan fingerprint density at radius 1 is 0.917 bits per heavy atom. The predicted molar refractivity (Wildman–Crippen MR) is 89.6 cm³/mol. The van der Waals surface area contributed by atoms with Crippen LogP contribution in [0.4, 0.5) is 4.39 Å². The third-order valence-electron chi connectivity index (χ3n) is 3.64. The van der Waals surface area contributed by atoms with E-state index in [1.54, 1.807) is 24.3 Å². The highest BCUT2D eigenvalue weighted by Crippen LogP contribution is 2.29. The molecule has 0 saturated heterocycles. The van der Waals surface area contributed by atoms with Gasteiger partial charge in [0, 0.05) is 11.6 Å². The van der Waals surface area contributed by atoms with Crippen LogP contribution in [-0.2, 0) is 6.61 Å². The summed E-state index contributed by atoms with van der Waals surface area (Å²) in [6.07, 6.45) is 0. The Morgan fingerprint density at radius 3 is 2.33 bits per heavy atom. The molecule has 0 atom stereocenters. The van der Waals surface area contributed by atoms with Gasteiger partial charge in [-0.25, -0.2) is 9.18 Å². The number of carbonyl (C=O) groups is 1. The lowest BCUT2D eigenvalue weighted by Gasteiger charge is -2.10. The maximum atomic E-state index is 14.4. The molecule has 0 aliphatic carbocycles. The molecule has 1 N–H and O–H groups in total. The Morgan fingerprint density at radius 2 is 1.62 bits per heavy atom. The van der Waals surface area contributed by atoms with Gasteiger partial charge in [-0.1, -0.05) is 48.5 Å². The molecule has 0 spiro atoms. The molecule has 0 heterocycles. The van der Waals surface area contributed by atoms with E-state index >= 15 is 0 Å². The Kier molecular flexibility index (Phi) is 4.57. The number of rotatable bonds is 5. The summed E-state index contributed by atoms with van der Waals surface area (Å²) in [6, 6.07) is 20.4. The molecule has 0 aromatic heterocycles. The summed E-state index contributed by atoms with van der Waals surface area (Å²) in [6.45, 7) is 0.339. The first-order valence-corrected chi connectivity index (χ1v) is 7.44. The molecule has 3 aromatic rings. The van der Waals surface area contributed by atoms with Crippen LogP contribution < -0.4 is 4.74 Å². The van der Waals surface area contributed by atoms with Crippen molar-refractivity contribution in [3.8, 4) is 16.9 Å². The third-order valence-corrected chi connectivity index (χ3v) is 3.64. The number of benzene rings is 3. The Balaban J connectivity index is 1.84. The normalized spacial score (nSPS) is 10.4. The Bertz CT molecular complexity index is 860. The monoisotopic (exact) mass is 322 g/mol. The zero-order chi connectivity index (χ0) is 16.9. The molecule has 0 aliphatic heterocycles. The van der Waals surface area contributed by atoms with Crippen molar-refractivity contribution in [3.05, 3.63) is 89.7 Å². The van der Waals surface area contributed by atoms with Crippen molar-refractivity contribution in [2.45, 2.75) is 6.61 Å². The minimum Gasteiger partial charge on any atom is -0.489 e. The lowest BCUT2D eigenvalue weighted by atomic mass is 9.99. The molecule has 0 saturated carbocycles. The van der Waals surface area contributed by atoms with E-state index in [0.717, 1.165) is 5.56 Å². The summed E-state index contributed by atoms with van der Waals surface area (Å²) in [5, 5.41) is 9.24. The summed E-state index contributed by atoms with van der Waals surface area (Å²) in [7, 11) is 0. The first-order chi connectivity index (χ1) is 11.6. The van der Waals surface area contributed by atoms with Crippen molar-refractivity contribution in [2.24, 2.45) is 0 Å². The zero-order valence-corrected chi connectivity index (χ0v) is 12.8. The Hall–Kier alpha value is -3.14. The van der Waals surface area contributed by atoms with Crippen LogP contribution in [-0.4, -0.2) is 11.1 Å². The molecule has 120 valence electrons. The van der Waals surface area contributed by atoms with Crippen LogP contribution in [0.25, 0.3) is 11.1 Å².